The molecule has 8 heteroatoms. The van der Waals surface area contributed by atoms with Gasteiger partial charge in [-0.1, -0.05) is 11.6 Å². The van der Waals surface area contributed by atoms with Crippen molar-refractivity contribution in [3.8, 4) is 5.75 Å². The predicted octanol–water partition coefficient (Wildman–Crippen LogP) is 1.92. The topological polar surface area (TPSA) is 99.2 Å². The lowest BCUT2D eigenvalue weighted by Crippen LogP contribution is -2.18. The summed E-state index contributed by atoms with van der Waals surface area (Å²) >= 11 is 5.90. The summed E-state index contributed by atoms with van der Waals surface area (Å²) in [5, 5.41) is 7.00. The average molecular weight is 323 g/mol. The van der Waals surface area contributed by atoms with Gasteiger partial charge in [0.25, 0.3) is 11.8 Å². The SMILES string of the molecule is CCn1cc(NC(=O)c2cc(Cl)ccc2OC)c(C(N)=O)n1. The lowest BCUT2D eigenvalue weighted by molar-refractivity contribution is 0.0995. The van der Waals surface area contributed by atoms with Crippen LogP contribution in [-0.4, -0.2) is 28.7 Å². The van der Waals surface area contributed by atoms with Crippen LogP contribution in [0, 0.1) is 0 Å². The highest BCUT2D eigenvalue weighted by Crippen LogP contribution is 2.24. The van der Waals surface area contributed by atoms with Crippen molar-refractivity contribution in [2.24, 2.45) is 5.73 Å². The number of nitrogens with one attached hydrogen (secondary N) is 1. The molecule has 2 rings (SSSR count). The number of aromatic nitrogens is 2. The van der Waals surface area contributed by atoms with E-state index in [1.54, 1.807) is 12.1 Å². The van der Waals surface area contributed by atoms with Gasteiger partial charge in [-0.2, -0.15) is 5.10 Å². The Kier molecular flexibility index (Phi) is 4.67. The minimum Gasteiger partial charge on any atom is -0.496 e. The average Bonchev–Trinajstić information content (AvgIpc) is 2.90. The van der Waals surface area contributed by atoms with E-state index in [4.69, 9.17) is 22.1 Å². The second-order valence-corrected chi connectivity index (χ2v) is 4.85. The van der Waals surface area contributed by atoms with Crippen molar-refractivity contribution < 1.29 is 14.3 Å². The van der Waals surface area contributed by atoms with Crippen LogP contribution in [0.3, 0.4) is 0 Å². The van der Waals surface area contributed by atoms with Gasteiger partial charge in [-0.15, -0.1) is 0 Å². The summed E-state index contributed by atoms with van der Waals surface area (Å²) in [6, 6.07) is 4.67. The highest BCUT2D eigenvalue weighted by atomic mass is 35.5. The fraction of sp³-hybridized carbons (Fsp3) is 0.214. The van der Waals surface area contributed by atoms with Gasteiger partial charge in [0, 0.05) is 17.8 Å². The van der Waals surface area contributed by atoms with Crippen molar-refractivity contribution in [1.29, 1.82) is 0 Å². The summed E-state index contributed by atoms with van der Waals surface area (Å²) in [6.45, 7) is 2.39. The van der Waals surface area contributed by atoms with Crippen molar-refractivity contribution in [3.05, 3.63) is 40.7 Å². The third-order valence-corrected chi connectivity index (χ3v) is 3.21. The van der Waals surface area contributed by atoms with Gasteiger partial charge in [-0.3, -0.25) is 14.3 Å². The molecule has 1 aromatic heterocycles. The van der Waals surface area contributed by atoms with Gasteiger partial charge >= 0.3 is 0 Å². The lowest BCUT2D eigenvalue weighted by Gasteiger charge is -2.09. The highest BCUT2D eigenvalue weighted by Gasteiger charge is 2.19. The van der Waals surface area contributed by atoms with E-state index in [9.17, 15) is 9.59 Å². The number of nitrogens with zero attached hydrogens (tertiary/aromatic N) is 2. The van der Waals surface area contributed by atoms with Gasteiger partial charge in [0.15, 0.2) is 5.69 Å². The van der Waals surface area contributed by atoms with Gasteiger partial charge in [0.2, 0.25) is 0 Å². The zero-order valence-corrected chi connectivity index (χ0v) is 12.8. The largest absolute Gasteiger partial charge is 0.496 e. The van der Waals surface area contributed by atoms with Crippen LogP contribution in [0.15, 0.2) is 24.4 Å². The smallest absolute Gasteiger partial charge is 0.271 e. The van der Waals surface area contributed by atoms with Crippen LogP contribution in [0.2, 0.25) is 5.02 Å². The summed E-state index contributed by atoms with van der Waals surface area (Å²) in [5.74, 6) is -0.830. The Hall–Kier alpha value is -2.54. The maximum absolute atomic E-state index is 12.4. The zero-order valence-electron chi connectivity index (χ0n) is 12.1. The Morgan fingerprint density at radius 3 is 2.77 bits per heavy atom. The molecule has 3 N–H and O–H groups in total. The first kappa shape index (κ1) is 15.8. The Morgan fingerprint density at radius 2 is 2.18 bits per heavy atom. The van der Waals surface area contributed by atoms with Crippen molar-refractivity contribution in [1.82, 2.24) is 9.78 Å². The van der Waals surface area contributed by atoms with E-state index < -0.39 is 11.8 Å². The third kappa shape index (κ3) is 3.20. The van der Waals surface area contributed by atoms with E-state index >= 15 is 0 Å². The van der Waals surface area contributed by atoms with Gasteiger partial charge in [0.1, 0.15) is 5.75 Å². The molecule has 0 spiro atoms. The van der Waals surface area contributed by atoms with E-state index in [2.05, 4.69) is 10.4 Å². The highest BCUT2D eigenvalue weighted by molar-refractivity contribution is 6.31. The molecular formula is C14H15ClN4O3. The summed E-state index contributed by atoms with van der Waals surface area (Å²) in [4.78, 5) is 23.8. The van der Waals surface area contributed by atoms with Crippen LogP contribution in [0.5, 0.6) is 5.75 Å². The molecule has 0 fully saturated rings. The molecule has 1 heterocycles. The van der Waals surface area contributed by atoms with Gasteiger partial charge in [-0.05, 0) is 25.1 Å². The first-order valence-electron chi connectivity index (χ1n) is 6.48. The Labute approximate surface area is 132 Å². The number of hydrogen-bond donors (Lipinski definition) is 2. The monoisotopic (exact) mass is 322 g/mol. The van der Waals surface area contributed by atoms with Crippen LogP contribution in [0.25, 0.3) is 0 Å². The molecule has 0 unspecified atom stereocenters. The van der Waals surface area contributed by atoms with E-state index in [1.807, 2.05) is 6.92 Å². The number of aryl methyl sites for hydroxylation is 1. The molecule has 0 bridgehead atoms. The number of carbonyl (C=O) groups excluding carboxylic acids is 2. The molecule has 0 aliphatic carbocycles. The number of amides is 2. The Morgan fingerprint density at radius 1 is 1.45 bits per heavy atom. The number of halogens is 1. The number of hydrogen-bond acceptors (Lipinski definition) is 4. The van der Waals surface area contributed by atoms with E-state index in [1.165, 1.54) is 24.1 Å². The molecule has 0 radical (unpaired) electrons. The molecule has 0 atom stereocenters. The molecule has 0 saturated heterocycles. The lowest BCUT2D eigenvalue weighted by atomic mass is 10.2. The Balaban J connectivity index is 2.35. The second kappa shape index (κ2) is 6.48. The minimum atomic E-state index is -0.722. The number of ether oxygens (including phenoxy) is 1. The number of primary amides is 1. The molecule has 1 aromatic carbocycles. The molecule has 7 nitrogen and oxygen atoms in total. The van der Waals surface area contributed by atoms with Crippen LogP contribution < -0.4 is 15.8 Å². The van der Waals surface area contributed by atoms with E-state index in [0.717, 1.165) is 0 Å². The van der Waals surface area contributed by atoms with Crippen LogP contribution in [-0.2, 0) is 6.54 Å². The van der Waals surface area contributed by atoms with Crippen molar-refractivity contribution in [2.75, 3.05) is 12.4 Å². The zero-order chi connectivity index (χ0) is 16.3. The number of benzene rings is 1. The van der Waals surface area contributed by atoms with Crippen LogP contribution in [0.4, 0.5) is 5.69 Å². The fourth-order valence-electron chi connectivity index (χ4n) is 1.90. The fourth-order valence-corrected chi connectivity index (χ4v) is 2.08. The second-order valence-electron chi connectivity index (χ2n) is 4.41. The summed E-state index contributed by atoms with van der Waals surface area (Å²) in [5.41, 5.74) is 5.74. The quantitative estimate of drug-likeness (QED) is 0.878. The standard InChI is InChI=1S/C14H15ClN4O3/c1-3-19-7-10(12(18-19)13(16)20)17-14(21)9-6-8(15)4-5-11(9)22-2/h4-7H,3H2,1-2H3,(H2,16,20)(H,17,21). The van der Waals surface area contributed by atoms with Crippen LogP contribution >= 0.6 is 11.6 Å². The number of anilines is 1. The van der Waals surface area contributed by atoms with E-state index in [-0.39, 0.29) is 16.9 Å². The van der Waals surface area contributed by atoms with Crippen molar-refractivity contribution >= 4 is 29.1 Å². The first-order valence-corrected chi connectivity index (χ1v) is 6.86. The number of nitrogens with two attached hydrogens (primary N) is 1. The minimum absolute atomic E-state index is 0.00352. The van der Waals surface area contributed by atoms with Gasteiger partial charge in [-0.25, -0.2) is 0 Å². The van der Waals surface area contributed by atoms with Gasteiger partial charge < -0.3 is 15.8 Å². The predicted molar refractivity (Wildman–Crippen MR) is 82.4 cm³/mol. The molecule has 2 amide bonds. The summed E-state index contributed by atoms with van der Waals surface area (Å²) < 4.78 is 6.64. The maximum Gasteiger partial charge on any atom is 0.271 e. The Bertz CT molecular complexity index is 727. The molecular weight excluding hydrogens is 308 g/mol. The van der Waals surface area contributed by atoms with E-state index in [0.29, 0.717) is 17.3 Å². The summed E-state index contributed by atoms with van der Waals surface area (Å²) in [7, 11) is 1.45. The molecule has 2 aromatic rings. The number of methoxy groups -OCH3 is 1. The molecule has 0 aliphatic heterocycles. The first-order chi connectivity index (χ1) is 10.5. The molecule has 0 saturated carbocycles. The molecule has 0 aliphatic rings. The summed E-state index contributed by atoms with van der Waals surface area (Å²) in [6.07, 6.45) is 1.54. The third-order valence-electron chi connectivity index (χ3n) is 2.97. The molecule has 22 heavy (non-hydrogen) atoms. The van der Waals surface area contributed by atoms with Gasteiger partial charge in [0.05, 0.1) is 18.4 Å². The maximum atomic E-state index is 12.4. The van der Waals surface area contributed by atoms with Crippen molar-refractivity contribution in [3.63, 3.8) is 0 Å². The molecule has 116 valence electrons. The number of rotatable bonds is 5. The normalized spacial score (nSPS) is 10.3. The number of carbonyl (C=O) groups is 2. The van der Waals surface area contributed by atoms with Crippen molar-refractivity contribution in [2.45, 2.75) is 13.5 Å². The van der Waals surface area contributed by atoms with Crippen LogP contribution in [0.1, 0.15) is 27.8 Å².